The summed E-state index contributed by atoms with van der Waals surface area (Å²) in [5.74, 6) is 1.34. The Kier molecular flexibility index (Phi) is 4.36. The molecule has 1 aromatic carbocycles. The number of aliphatic hydroxyl groups excluding tert-OH is 1. The van der Waals surface area contributed by atoms with Gasteiger partial charge >= 0.3 is 0 Å². The van der Waals surface area contributed by atoms with Crippen LogP contribution in [-0.4, -0.2) is 25.4 Å². The van der Waals surface area contributed by atoms with Crippen molar-refractivity contribution in [3.05, 3.63) is 64.3 Å². The summed E-state index contributed by atoms with van der Waals surface area (Å²) in [4.78, 5) is 6.02. The first-order valence-electron chi connectivity index (χ1n) is 7.91. The van der Waals surface area contributed by atoms with E-state index in [1.807, 2.05) is 32.0 Å². The fourth-order valence-corrected chi connectivity index (χ4v) is 4.30. The van der Waals surface area contributed by atoms with Gasteiger partial charge in [-0.25, -0.2) is 4.98 Å². The van der Waals surface area contributed by atoms with Gasteiger partial charge in [-0.1, -0.05) is 28.9 Å². The Morgan fingerprint density at radius 3 is 2.62 bits per heavy atom. The van der Waals surface area contributed by atoms with Crippen molar-refractivity contribution in [2.24, 2.45) is 0 Å². The van der Waals surface area contributed by atoms with Crippen LogP contribution in [0.3, 0.4) is 0 Å². The third-order valence-corrected chi connectivity index (χ3v) is 5.58. The van der Waals surface area contributed by atoms with Gasteiger partial charge in [0.1, 0.15) is 18.2 Å². The molecule has 2 N–H and O–H groups in total. The van der Waals surface area contributed by atoms with E-state index >= 15 is 0 Å². The minimum Gasteiger partial charge on any atom is -0.384 e. The van der Waals surface area contributed by atoms with Gasteiger partial charge < -0.3 is 9.63 Å². The third-order valence-electron chi connectivity index (χ3n) is 4.15. The summed E-state index contributed by atoms with van der Waals surface area (Å²) < 4.78 is 5.29. The molecule has 26 heavy (non-hydrogen) atoms. The molecular weight excluding hydrogens is 372 g/mol. The van der Waals surface area contributed by atoms with Gasteiger partial charge in [-0.2, -0.15) is 5.10 Å². The lowest BCUT2D eigenvalue weighted by Crippen LogP contribution is -2.00. The number of rotatable bonds is 4. The van der Waals surface area contributed by atoms with E-state index < -0.39 is 6.10 Å². The number of hydrogen-bond donors (Lipinski definition) is 2. The third kappa shape index (κ3) is 2.94. The van der Waals surface area contributed by atoms with Crippen LogP contribution in [0.4, 0.5) is 0 Å². The number of aromatic amines is 1. The Bertz CT molecular complexity index is 1020. The zero-order chi connectivity index (χ0) is 18.3. The van der Waals surface area contributed by atoms with Crippen molar-refractivity contribution in [1.29, 1.82) is 0 Å². The van der Waals surface area contributed by atoms with Crippen LogP contribution in [0, 0.1) is 13.8 Å². The second-order valence-corrected chi connectivity index (χ2v) is 7.37. The van der Waals surface area contributed by atoms with E-state index in [2.05, 4.69) is 20.3 Å². The zero-order valence-electron chi connectivity index (χ0n) is 14.0. The van der Waals surface area contributed by atoms with Crippen molar-refractivity contribution >= 4 is 22.9 Å². The molecule has 0 saturated heterocycles. The van der Waals surface area contributed by atoms with Gasteiger partial charge in [0.2, 0.25) is 0 Å². The standard InChI is InChI=1S/C18H15ClN4O2S/c1-9-15(10(2)25-23-9)14-7-13(17(26-14)18-20-8-21-22-18)16(24)11-3-5-12(19)6-4-11/h3-8,16,24H,1-2H3,(H,20,21,22). The number of aliphatic hydroxyl groups is 1. The highest BCUT2D eigenvalue weighted by Crippen LogP contribution is 2.43. The summed E-state index contributed by atoms with van der Waals surface area (Å²) >= 11 is 7.47. The van der Waals surface area contributed by atoms with Crippen LogP contribution in [0.25, 0.3) is 21.1 Å². The number of aromatic nitrogens is 4. The first-order valence-corrected chi connectivity index (χ1v) is 9.10. The number of nitrogens with zero attached hydrogens (tertiary/aromatic N) is 3. The topological polar surface area (TPSA) is 87.8 Å². The molecule has 0 fully saturated rings. The molecule has 0 bridgehead atoms. The second kappa shape index (κ2) is 6.68. The van der Waals surface area contributed by atoms with Gasteiger partial charge in [-0.05, 0) is 37.6 Å². The lowest BCUT2D eigenvalue weighted by Gasteiger charge is -2.11. The molecule has 132 valence electrons. The van der Waals surface area contributed by atoms with Gasteiger partial charge in [-0.15, -0.1) is 11.3 Å². The van der Waals surface area contributed by atoms with E-state index in [0.717, 1.165) is 37.9 Å². The first kappa shape index (κ1) is 17.0. The smallest absolute Gasteiger partial charge is 0.165 e. The number of hydrogen-bond acceptors (Lipinski definition) is 6. The maximum absolute atomic E-state index is 11.0. The lowest BCUT2D eigenvalue weighted by molar-refractivity contribution is 0.221. The predicted molar refractivity (Wildman–Crippen MR) is 100 cm³/mol. The highest BCUT2D eigenvalue weighted by atomic mass is 35.5. The summed E-state index contributed by atoms with van der Waals surface area (Å²) in [7, 11) is 0. The maximum atomic E-state index is 11.0. The summed E-state index contributed by atoms with van der Waals surface area (Å²) in [5.41, 5.74) is 3.23. The van der Waals surface area contributed by atoms with E-state index in [0.29, 0.717) is 10.8 Å². The highest BCUT2D eigenvalue weighted by molar-refractivity contribution is 7.19. The molecule has 3 aromatic heterocycles. The monoisotopic (exact) mass is 386 g/mol. The van der Waals surface area contributed by atoms with Crippen LogP contribution in [0.15, 0.2) is 41.2 Å². The molecule has 6 nitrogen and oxygen atoms in total. The van der Waals surface area contributed by atoms with E-state index in [4.69, 9.17) is 16.1 Å². The van der Waals surface area contributed by atoms with Gasteiger partial charge in [0.15, 0.2) is 5.82 Å². The van der Waals surface area contributed by atoms with E-state index in [1.165, 1.54) is 17.7 Å². The van der Waals surface area contributed by atoms with Crippen LogP contribution in [0.5, 0.6) is 0 Å². The van der Waals surface area contributed by atoms with Crippen LogP contribution in [0.1, 0.15) is 28.7 Å². The van der Waals surface area contributed by atoms with E-state index in [1.54, 1.807) is 12.1 Å². The number of aryl methyl sites for hydroxylation is 2. The Morgan fingerprint density at radius 1 is 1.23 bits per heavy atom. The molecule has 4 aromatic rings. The van der Waals surface area contributed by atoms with Crippen molar-refractivity contribution in [2.45, 2.75) is 20.0 Å². The molecule has 1 atom stereocenters. The predicted octanol–water partition coefficient (Wildman–Crippen LogP) is 4.54. The molecule has 1 unspecified atom stereocenters. The first-order chi connectivity index (χ1) is 12.5. The van der Waals surface area contributed by atoms with Crippen LogP contribution in [0.2, 0.25) is 5.02 Å². The minimum atomic E-state index is -0.821. The summed E-state index contributed by atoms with van der Waals surface area (Å²) in [5, 5.41) is 22.4. The normalized spacial score (nSPS) is 12.5. The van der Waals surface area contributed by atoms with Crippen LogP contribution < -0.4 is 0 Å². The van der Waals surface area contributed by atoms with Gasteiger partial charge in [0.05, 0.1) is 16.1 Å². The zero-order valence-corrected chi connectivity index (χ0v) is 15.6. The Hall–Kier alpha value is -2.48. The summed E-state index contributed by atoms with van der Waals surface area (Å²) in [6.07, 6.45) is 0.626. The van der Waals surface area contributed by atoms with E-state index in [-0.39, 0.29) is 0 Å². The second-order valence-electron chi connectivity index (χ2n) is 5.88. The van der Waals surface area contributed by atoms with Crippen molar-refractivity contribution in [3.63, 3.8) is 0 Å². The molecule has 0 saturated carbocycles. The molecule has 0 aliphatic carbocycles. The lowest BCUT2D eigenvalue weighted by atomic mass is 10.0. The fourth-order valence-electron chi connectivity index (χ4n) is 2.89. The average molecular weight is 387 g/mol. The largest absolute Gasteiger partial charge is 0.384 e. The van der Waals surface area contributed by atoms with Crippen LogP contribution >= 0.6 is 22.9 Å². The van der Waals surface area contributed by atoms with Crippen molar-refractivity contribution < 1.29 is 9.63 Å². The molecule has 0 spiro atoms. The highest BCUT2D eigenvalue weighted by Gasteiger charge is 2.24. The minimum absolute atomic E-state index is 0.607. The molecule has 0 aliphatic heterocycles. The van der Waals surface area contributed by atoms with Gasteiger partial charge in [0, 0.05) is 15.5 Å². The van der Waals surface area contributed by atoms with E-state index in [9.17, 15) is 5.11 Å². The molecule has 3 heterocycles. The summed E-state index contributed by atoms with van der Waals surface area (Å²) in [6, 6.07) is 9.09. The Morgan fingerprint density at radius 2 is 2.00 bits per heavy atom. The fraction of sp³-hybridized carbons (Fsp3) is 0.167. The number of nitrogens with one attached hydrogen (secondary N) is 1. The SMILES string of the molecule is Cc1noc(C)c1-c1cc(C(O)c2ccc(Cl)cc2)c(-c2ncn[nH]2)s1. The van der Waals surface area contributed by atoms with Crippen molar-refractivity contribution in [1.82, 2.24) is 20.3 Å². The summed E-state index contributed by atoms with van der Waals surface area (Å²) in [6.45, 7) is 3.77. The molecule has 4 rings (SSSR count). The van der Waals surface area contributed by atoms with Crippen molar-refractivity contribution in [3.8, 4) is 21.1 Å². The number of benzene rings is 1. The Balaban J connectivity index is 1.86. The molecule has 0 aliphatic rings. The molecular formula is C18H15ClN4O2S. The number of thiophene rings is 1. The molecule has 8 heteroatoms. The van der Waals surface area contributed by atoms with Crippen molar-refractivity contribution in [2.75, 3.05) is 0 Å². The molecule has 0 radical (unpaired) electrons. The van der Waals surface area contributed by atoms with Gasteiger partial charge in [-0.3, -0.25) is 5.10 Å². The quantitative estimate of drug-likeness (QED) is 0.537. The number of halogens is 1. The molecule has 0 amide bonds. The van der Waals surface area contributed by atoms with Gasteiger partial charge in [0.25, 0.3) is 0 Å². The average Bonchev–Trinajstić information content (AvgIpc) is 3.35. The maximum Gasteiger partial charge on any atom is 0.165 e. The Labute approximate surface area is 158 Å². The number of H-pyrrole nitrogens is 1. The van der Waals surface area contributed by atoms with Crippen LogP contribution in [-0.2, 0) is 0 Å².